The lowest BCUT2D eigenvalue weighted by molar-refractivity contribution is 0.911. The Balaban J connectivity index is 1.93. The van der Waals surface area contributed by atoms with Crippen LogP contribution in [0.1, 0.15) is 28.9 Å². The molecule has 0 fully saturated rings. The molecule has 1 aromatic heterocycles. The third kappa shape index (κ3) is 2.45. The van der Waals surface area contributed by atoms with Crippen LogP contribution in [0.15, 0.2) is 28.1 Å². The smallest absolute Gasteiger partial charge is 0.131 e. The number of fused-ring (bicyclic) bond motifs is 1. The zero-order valence-corrected chi connectivity index (χ0v) is 12.0. The largest absolute Gasteiger partial charge is 0.383 e. The van der Waals surface area contributed by atoms with Crippen LogP contribution >= 0.6 is 11.8 Å². The Morgan fingerprint density at radius 3 is 2.74 bits per heavy atom. The third-order valence-corrected chi connectivity index (χ3v) is 4.62. The Hall–Kier alpha value is -1.55. The summed E-state index contributed by atoms with van der Waals surface area (Å²) in [5.41, 5.74) is 9.86. The molecular weight excluding hydrogens is 254 g/mol. The quantitative estimate of drug-likeness (QED) is 0.851. The first-order valence-electron chi connectivity index (χ1n) is 6.54. The molecular formula is C15H17N3S. The second kappa shape index (κ2) is 4.85. The fraction of sp³-hybridized carbons (Fsp3) is 0.333. The zero-order valence-electron chi connectivity index (χ0n) is 11.2. The van der Waals surface area contributed by atoms with Gasteiger partial charge in [-0.2, -0.15) is 0 Å². The van der Waals surface area contributed by atoms with Gasteiger partial charge in [0.1, 0.15) is 16.7 Å². The molecule has 0 unspecified atom stereocenters. The van der Waals surface area contributed by atoms with E-state index < -0.39 is 0 Å². The van der Waals surface area contributed by atoms with E-state index in [0.29, 0.717) is 5.82 Å². The molecule has 1 aliphatic rings. The van der Waals surface area contributed by atoms with Crippen molar-refractivity contribution in [1.29, 1.82) is 0 Å². The molecule has 19 heavy (non-hydrogen) atoms. The van der Waals surface area contributed by atoms with E-state index in [4.69, 9.17) is 5.73 Å². The summed E-state index contributed by atoms with van der Waals surface area (Å²) in [7, 11) is 0. The molecule has 1 aliphatic carbocycles. The topological polar surface area (TPSA) is 51.8 Å². The van der Waals surface area contributed by atoms with Crippen LogP contribution in [0.4, 0.5) is 5.82 Å². The summed E-state index contributed by atoms with van der Waals surface area (Å²) in [5, 5.41) is 0.961. The van der Waals surface area contributed by atoms with Gasteiger partial charge in [0.25, 0.3) is 0 Å². The third-order valence-electron chi connectivity index (χ3n) is 3.54. The summed E-state index contributed by atoms with van der Waals surface area (Å²) in [4.78, 5) is 9.92. The van der Waals surface area contributed by atoms with Crippen molar-refractivity contribution in [2.75, 3.05) is 5.73 Å². The fourth-order valence-corrected chi connectivity index (χ4v) is 3.44. The van der Waals surface area contributed by atoms with Gasteiger partial charge in [0.05, 0.1) is 0 Å². The number of nitrogen functional groups attached to an aromatic ring is 1. The summed E-state index contributed by atoms with van der Waals surface area (Å²) in [6, 6.07) is 6.72. The predicted molar refractivity (Wildman–Crippen MR) is 78.5 cm³/mol. The maximum Gasteiger partial charge on any atom is 0.131 e. The van der Waals surface area contributed by atoms with Crippen LogP contribution in [0.25, 0.3) is 0 Å². The van der Waals surface area contributed by atoms with Gasteiger partial charge in [-0.3, -0.25) is 0 Å². The van der Waals surface area contributed by atoms with Crippen LogP contribution in [0.3, 0.4) is 0 Å². The zero-order chi connectivity index (χ0) is 13.4. The average molecular weight is 271 g/mol. The lowest BCUT2D eigenvalue weighted by atomic mass is 10.1. The normalized spacial score (nSPS) is 13.6. The van der Waals surface area contributed by atoms with Gasteiger partial charge >= 0.3 is 0 Å². The molecule has 0 atom stereocenters. The molecule has 1 heterocycles. The second-order valence-corrected chi connectivity index (χ2v) is 6.03. The van der Waals surface area contributed by atoms with Gasteiger partial charge in [-0.1, -0.05) is 17.8 Å². The van der Waals surface area contributed by atoms with Crippen molar-refractivity contribution in [2.24, 2.45) is 0 Å². The van der Waals surface area contributed by atoms with Crippen LogP contribution < -0.4 is 5.73 Å². The maximum atomic E-state index is 5.90. The number of hydrogen-bond donors (Lipinski definition) is 1. The first-order chi connectivity index (χ1) is 9.13. The number of rotatable bonds is 2. The molecule has 2 aromatic rings. The van der Waals surface area contributed by atoms with Crippen LogP contribution in [0.5, 0.6) is 0 Å². The minimum absolute atomic E-state index is 0.580. The number of benzene rings is 1. The predicted octanol–water partition coefficient (Wildman–Crippen LogP) is 3.32. The number of aromatic nitrogens is 2. The van der Waals surface area contributed by atoms with Crippen LogP contribution in [0, 0.1) is 13.8 Å². The van der Waals surface area contributed by atoms with Crippen molar-refractivity contribution >= 4 is 17.6 Å². The SMILES string of the molecule is Cc1nc(N)c(C)c(Sc2ccc3c(c2)CCC3)n1. The molecule has 0 aliphatic heterocycles. The minimum atomic E-state index is 0.580. The molecule has 0 saturated carbocycles. The van der Waals surface area contributed by atoms with Crippen molar-refractivity contribution in [3.05, 3.63) is 40.7 Å². The molecule has 3 rings (SSSR count). The van der Waals surface area contributed by atoms with E-state index in [1.54, 1.807) is 11.8 Å². The Morgan fingerprint density at radius 1 is 1.11 bits per heavy atom. The highest BCUT2D eigenvalue weighted by Gasteiger charge is 2.13. The fourth-order valence-electron chi connectivity index (χ4n) is 2.45. The first kappa shape index (κ1) is 12.5. The van der Waals surface area contributed by atoms with E-state index in [9.17, 15) is 0 Å². The van der Waals surface area contributed by atoms with Gasteiger partial charge in [-0.15, -0.1) is 0 Å². The summed E-state index contributed by atoms with van der Waals surface area (Å²) < 4.78 is 0. The lowest BCUT2D eigenvalue weighted by Gasteiger charge is -2.09. The van der Waals surface area contributed by atoms with Crippen molar-refractivity contribution < 1.29 is 0 Å². The van der Waals surface area contributed by atoms with Gasteiger partial charge in [0.15, 0.2) is 0 Å². The molecule has 4 heteroatoms. The molecule has 0 saturated heterocycles. The number of hydrogen-bond acceptors (Lipinski definition) is 4. The van der Waals surface area contributed by atoms with Crippen molar-refractivity contribution in [3.8, 4) is 0 Å². The average Bonchev–Trinajstić information content (AvgIpc) is 2.82. The van der Waals surface area contributed by atoms with Gasteiger partial charge in [-0.25, -0.2) is 9.97 Å². The Bertz CT molecular complexity index is 638. The van der Waals surface area contributed by atoms with E-state index in [1.165, 1.54) is 35.3 Å². The summed E-state index contributed by atoms with van der Waals surface area (Å²) in [5.74, 6) is 1.31. The molecule has 98 valence electrons. The van der Waals surface area contributed by atoms with Crippen molar-refractivity contribution in [3.63, 3.8) is 0 Å². The highest BCUT2D eigenvalue weighted by molar-refractivity contribution is 7.99. The highest BCUT2D eigenvalue weighted by Crippen LogP contribution is 2.33. The number of nitrogens with two attached hydrogens (primary N) is 1. The van der Waals surface area contributed by atoms with E-state index in [-0.39, 0.29) is 0 Å². The molecule has 0 bridgehead atoms. The van der Waals surface area contributed by atoms with Gasteiger partial charge in [0.2, 0.25) is 0 Å². The van der Waals surface area contributed by atoms with Crippen LogP contribution in [0.2, 0.25) is 0 Å². The van der Waals surface area contributed by atoms with Gasteiger partial charge in [0, 0.05) is 10.5 Å². The summed E-state index contributed by atoms with van der Waals surface area (Å²) in [6.07, 6.45) is 3.70. The monoisotopic (exact) mass is 271 g/mol. The second-order valence-electron chi connectivity index (χ2n) is 4.97. The lowest BCUT2D eigenvalue weighted by Crippen LogP contribution is -2.01. The van der Waals surface area contributed by atoms with Gasteiger partial charge < -0.3 is 5.73 Å². The Labute approximate surface area is 117 Å². The van der Waals surface area contributed by atoms with E-state index in [0.717, 1.165) is 16.4 Å². The Kier molecular flexibility index (Phi) is 3.19. The highest BCUT2D eigenvalue weighted by atomic mass is 32.2. The van der Waals surface area contributed by atoms with Gasteiger partial charge in [-0.05, 0) is 56.4 Å². The molecule has 1 aromatic carbocycles. The minimum Gasteiger partial charge on any atom is -0.383 e. The molecule has 2 N–H and O–H groups in total. The van der Waals surface area contributed by atoms with Crippen LogP contribution in [-0.4, -0.2) is 9.97 Å². The number of nitrogens with zero attached hydrogens (tertiary/aromatic N) is 2. The number of anilines is 1. The molecule has 0 radical (unpaired) electrons. The van der Waals surface area contributed by atoms with E-state index >= 15 is 0 Å². The number of aryl methyl sites for hydroxylation is 3. The first-order valence-corrected chi connectivity index (χ1v) is 7.35. The van der Waals surface area contributed by atoms with E-state index in [1.807, 2.05) is 13.8 Å². The standard InChI is InChI=1S/C15H17N3S/c1-9-14(16)17-10(2)18-15(9)19-13-7-6-11-4-3-5-12(11)8-13/h6-8H,3-5H2,1-2H3,(H2,16,17,18). The molecule has 0 spiro atoms. The van der Waals surface area contributed by atoms with Crippen molar-refractivity contribution in [2.45, 2.75) is 43.0 Å². The summed E-state index contributed by atoms with van der Waals surface area (Å²) in [6.45, 7) is 3.85. The summed E-state index contributed by atoms with van der Waals surface area (Å²) >= 11 is 1.68. The maximum absolute atomic E-state index is 5.90. The van der Waals surface area contributed by atoms with E-state index in [2.05, 4.69) is 28.2 Å². The molecule has 0 amide bonds. The van der Waals surface area contributed by atoms with Crippen LogP contribution in [-0.2, 0) is 12.8 Å². The Morgan fingerprint density at radius 2 is 1.89 bits per heavy atom. The molecule has 3 nitrogen and oxygen atoms in total. The van der Waals surface area contributed by atoms with Crippen molar-refractivity contribution in [1.82, 2.24) is 9.97 Å².